The van der Waals surface area contributed by atoms with Gasteiger partial charge < -0.3 is 19.3 Å². The Morgan fingerprint density at radius 1 is 0.906 bits per heavy atom. The molecule has 168 valence electrons. The maximum Gasteiger partial charge on any atom is 0.277 e. The van der Waals surface area contributed by atoms with E-state index in [9.17, 15) is 9.59 Å². The van der Waals surface area contributed by atoms with E-state index >= 15 is 0 Å². The minimum absolute atomic E-state index is 0.229. The third kappa shape index (κ3) is 3.88. The number of ether oxygens (including phenoxy) is 2. The molecule has 2 aliphatic heterocycles. The van der Waals surface area contributed by atoms with Gasteiger partial charge in [0, 0.05) is 38.9 Å². The quantitative estimate of drug-likeness (QED) is 0.617. The van der Waals surface area contributed by atoms with Gasteiger partial charge in [-0.3, -0.25) is 14.5 Å². The Kier molecular flexibility index (Phi) is 6.30. The van der Waals surface area contributed by atoms with Crippen LogP contribution in [0.2, 0.25) is 0 Å². The number of methoxy groups -OCH3 is 2. The van der Waals surface area contributed by atoms with E-state index in [2.05, 4.69) is 9.88 Å². The number of pyridine rings is 1. The van der Waals surface area contributed by atoms with Crippen LogP contribution < -0.4 is 14.4 Å². The Balaban J connectivity index is 1.68. The SMILES string of the molecule is CCCN1C(=O)C(c2ccc(OC)c(OC)c2)=C(N2CCN(c3ccccn3)CC2)C1=O. The van der Waals surface area contributed by atoms with Crippen molar-refractivity contribution in [2.75, 3.05) is 51.8 Å². The third-order valence-electron chi connectivity index (χ3n) is 5.83. The number of carbonyl (C=O) groups is 2. The molecule has 0 bridgehead atoms. The Morgan fingerprint density at radius 3 is 2.25 bits per heavy atom. The molecular weight excluding hydrogens is 408 g/mol. The van der Waals surface area contributed by atoms with Crippen LogP contribution in [-0.2, 0) is 9.59 Å². The van der Waals surface area contributed by atoms with E-state index in [1.165, 1.54) is 4.90 Å². The Morgan fingerprint density at radius 2 is 1.62 bits per heavy atom. The molecule has 32 heavy (non-hydrogen) atoms. The highest BCUT2D eigenvalue weighted by molar-refractivity contribution is 6.35. The van der Waals surface area contributed by atoms with Gasteiger partial charge >= 0.3 is 0 Å². The monoisotopic (exact) mass is 436 g/mol. The second-order valence-electron chi connectivity index (χ2n) is 7.72. The van der Waals surface area contributed by atoms with Crippen molar-refractivity contribution >= 4 is 23.2 Å². The first-order valence-electron chi connectivity index (χ1n) is 10.8. The van der Waals surface area contributed by atoms with Crippen molar-refractivity contribution in [2.45, 2.75) is 13.3 Å². The summed E-state index contributed by atoms with van der Waals surface area (Å²) in [6.07, 6.45) is 2.48. The van der Waals surface area contributed by atoms with Gasteiger partial charge in [-0.1, -0.05) is 19.1 Å². The van der Waals surface area contributed by atoms with Crippen LogP contribution in [0.25, 0.3) is 5.57 Å². The van der Waals surface area contributed by atoms with Crippen molar-refractivity contribution in [2.24, 2.45) is 0 Å². The molecule has 0 spiro atoms. The fraction of sp³-hybridized carbons (Fsp3) is 0.375. The summed E-state index contributed by atoms with van der Waals surface area (Å²) in [5, 5.41) is 0. The molecule has 1 aromatic heterocycles. The smallest absolute Gasteiger partial charge is 0.277 e. The number of amides is 2. The van der Waals surface area contributed by atoms with Gasteiger partial charge in [0.15, 0.2) is 11.5 Å². The second kappa shape index (κ2) is 9.30. The first-order chi connectivity index (χ1) is 15.6. The van der Waals surface area contributed by atoms with Crippen LogP contribution in [0.5, 0.6) is 11.5 Å². The molecule has 8 heteroatoms. The van der Waals surface area contributed by atoms with Crippen LogP contribution in [-0.4, -0.2) is 73.5 Å². The zero-order valence-corrected chi connectivity index (χ0v) is 18.7. The highest BCUT2D eigenvalue weighted by Gasteiger charge is 2.42. The van der Waals surface area contributed by atoms with Gasteiger partial charge in [0.2, 0.25) is 0 Å². The average Bonchev–Trinajstić information content (AvgIpc) is 3.09. The van der Waals surface area contributed by atoms with Crippen LogP contribution in [0.4, 0.5) is 5.82 Å². The largest absolute Gasteiger partial charge is 0.493 e. The van der Waals surface area contributed by atoms with Gasteiger partial charge in [-0.2, -0.15) is 0 Å². The summed E-state index contributed by atoms with van der Waals surface area (Å²) in [6, 6.07) is 11.2. The lowest BCUT2D eigenvalue weighted by atomic mass is 10.0. The summed E-state index contributed by atoms with van der Waals surface area (Å²) in [4.78, 5) is 36.7. The number of imide groups is 1. The number of piperazine rings is 1. The molecule has 8 nitrogen and oxygen atoms in total. The number of carbonyl (C=O) groups excluding carboxylic acids is 2. The molecule has 2 amide bonds. The molecule has 1 aromatic carbocycles. The molecule has 4 rings (SSSR count). The van der Waals surface area contributed by atoms with E-state index in [1.54, 1.807) is 38.6 Å². The summed E-state index contributed by atoms with van der Waals surface area (Å²) in [5.74, 6) is 1.53. The summed E-state index contributed by atoms with van der Waals surface area (Å²) in [6.45, 7) is 5.04. The number of benzene rings is 1. The lowest BCUT2D eigenvalue weighted by molar-refractivity contribution is -0.137. The first-order valence-corrected chi connectivity index (χ1v) is 10.8. The maximum atomic E-state index is 13.3. The lowest BCUT2D eigenvalue weighted by Crippen LogP contribution is -2.48. The van der Waals surface area contributed by atoms with Crippen LogP contribution in [0.3, 0.4) is 0 Å². The van der Waals surface area contributed by atoms with E-state index in [1.807, 2.05) is 30.0 Å². The molecular formula is C24H28N4O4. The lowest BCUT2D eigenvalue weighted by Gasteiger charge is -2.37. The van der Waals surface area contributed by atoms with Gasteiger partial charge in [-0.25, -0.2) is 4.98 Å². The van der Waals surface area contributed by atoms with Gasteiger partial charge in [0.1, 0.15) is 11.5 Å². The highest BCUT2D eigenvalue weighted by Crippen LogP contribution is 2.36. The molecule has 0 aliphatic carbocycles. The summed E-state index contributed by atoms with van der Waals surface area (Å²) >= 11 is 0. The van der Waals surface area contributed by atoms with Gasteiger partial charge in [0.05, 0.1) is 19.8 Å². The fourth-order valence-corrected chi connectivity index (χ4v) is 4.24. The predicted octanol–water partition coefficient (Wildman–Crippen LogP) is 2.41. The van der Waals surface area contributed by atoms with E-state index in [0.717, 1.165) is 18.9 Å². The maximum absolute atomic E-state index is 13.3. The standard InChI is InChI=1S/C24H28N4O4/c1-4-11-28-23(29)21(17-8-9-18(31-2)19(16-17)32-3)22(24(28)30)27-14-12-26(13-15-27)20-7-5-6-10-25-20/h5-10,16H,4,11-15H2,1-3H3. The zero-order valence-electron chi connectivity index (χ0n) is 18.7. The zero-order chi connectivity index (χ0) is 22.7. The minimum atomic E-state index is -0.258. The topological polar surface area (TPSA) is 75.2 Å². The Hall–Kier alpha value is -3.55. The number of anilines is 1. The molecule has 0 radical (unpaired) electrons. The van der Waals surface area contributed by atoms with Crippen molar-refractivity contribution < 1.29 is 19.1 Å². The minimum Gasteiger partial charge on any atom is -0.493 e. The summed E-state index contributed by atoms with van der Waals surface area (Å²) in [5.41, 5.74) is 1.55. The number of hydrogen-bond donors (Lipinski definition) is 0. The van der Waals surface area contributed by atoms with Crippen molar-refractivity contribution in [3.63, 3.8) is 0 Å². The molecule has 3 heterocycles. The second-order valence-corrected chi connectivity index (χ2v) is 7.72. The van der Waals surface area contributed by atoms with Crippen molar-refractivity contribution in [1.82, 2.24) is 14.8 Å². The molecule has 2 aliphatic rings. The van der Waals surface area contributed by atoms with E-state index in [4.69, 9.17) is 9.47 Å². The fourth-order valence-electron chi connectivity index (χ4n) is 4.24. The van der Waals surface area contributed by atoms with Crippen molar-refractivity contribution in [3.05, 3.63) is 53.9 Å². The molecule has 0 N–H and O–H groups in total. The van der Waals surface area contributed by atoms with Crippen LogP contribution >= 0.6 is 0 Å². The Labute approximate surface area is 188 Å². The number of rotatable bonds is 7. The van der Waals surface area contributed by atoms with Crippen LogP contribution in [0.15, 0.2) is 48.3 Å². The molecule has 2 aromatic rings. The van der Waals surface area contributed by atoms with E-state index in [-0.39, 0.29) is 11.8 Å². The van der Waals surface area contributed by atoms with Crippen molar-refractivity contribution in [1.29, 1.82) is 0 Å². The van der Waals surface area contributed by atoms with Crippen LogP contribution in [0.1, 0.15) is 18.9 Å². The predicted molar refractivity (Wildman–Crippen MR) is 122 cm³/mol. The Bertz CT molecular complexity index is 1030. The molecule has 0 unspecified atom stereocenters. The summed E-state index contributed by atoms with van der Waals surface area (Å²) in [7, 11) is 3.12. The molecule has 1 saturated heterocycles. The van der Waals surface area contributed by atoms with Gasteiger partial charge in [-0.15, -0.1) is 0 Å². The molecule has 1 fully saturated rings. The van der Waals surface area contributed by atoms with Gasteiger partial charge in [-0.05, 0) is 36.2 Å². The first kappa shape index (κ1) is 21.7. The molecule has 0 saturated carbocycles. The number of hydrogen-bond acceptors (Lipinski definition) is 7. The highest BCUT2D eigenvalue weighted by atomic mass is 16.5. The number of nitrogens with zero attached hydrogens (tertiary/aromatic N) is 4. The molecule has 0 atom stereocenters. The van der Waals surface area contributed by atoms with Crippen LogP contribution in [0, 0.1) is 0 Å². The summed E-state index contributed by atoms with van der Waals surface area (Å²) < 4.78 is 10.8. The number of aromatic nitrogens is 1. The normalized spacial score (nSPS) is 16.8. The van der Waals surface area contributed by atoms with Gasteiger partial charge in [0.25, 0.3) is 11.8 Å². The van der Waals surface area contributed by atoms with E-state index in [0.29, 0.717) is 54.4 Å². The average molecular weight is 437 g/mol. The van der Waals surface area contributed by atoms with Crippen molar-refractivity contribution in [3.8, 4) is 11.5 Å². The van der Waals surface area contributed by atoms with E-state index < -0.39 is 0 Å². The third-order valence-corrected chi connectivity index (χ3v) is 5.83.